The summed E-state index contributed by atoms with van der Waals surface area (Å²) in [7, 11) is 0. The number of rotatable bonds is 6. The number of nitrogens with two attached hydrogens (primary N) is 1. The lowest BCUT2D eigenvalue weighted by Crippen LogP contribution is -2.56. The maximum atomic E-state index is 11.4. The van der Waals surface area contributed by atoms with Crippen LogP contribution in [-0.2, 0) is 0 Å². The van der Waals surface area contributed by atoms with Gasteiger partial charge in [0, 0.05) is 60.5 Å². The first-order valence-electron chi connectivity index (χ1n) is 12.1. The van der Waals surface area contributed by atoms with E-state index in [4.69, 9.17) is 10.2 Å². The minimum atomic E-state index is -0.609. The molecule has 2 aliphatic heterocycles. The highest BCUT2D eigenvalue weighted by Gasteiger charge is 2.40. The van der Waals surface area contributed by atoms with Gasteiger partial charge in [-0.15, -0.1) is 0 Å². The Bertz CT molecular complexity index is 1360. The molecule has 3 aromatic heterocycles. The zero-order valence-electron chi connectivity index (χ0n) is 19.9. The van der Waals surface area contributed by atoms with Crippen LogP contribution in [0.3, 0.4) is 0 Å². The molecule has 2 fully saturated rings. The largest absolute Gasteiger partial charge is 0.458 e. The number of benzene rings is 1. The molecule has 2 saturated heterocycles. The zero-order chi connectivity index (χ0) is 24.1. The molecule has 6 rings (SSSR count). The quantitative estimate of drug-likeness (QED) is 0.439. The number of anilines is 3. The summed E-state index contributed by atoms with van der Waals surface area (Å²) in [6.45, 7) is 6.80. The average Bonchev–Trinajstić information content (AvgIpc) is 3.58. The number of piperazine rings is 1. The third-order valence-electron chi connectivity index (χ3n) is 7.20. The van der Waals surface area contributed by atoms with Gasteiger partial charge in [-0.3, -0.25) is 14.1 Å². The Morgan fingerprint density at radius 3 is 2.54 bits per heavy atom. The number of carbonyl (C=O) groups is 1. The molecule has 1 amide bonds. The number of hydrogen-bond acceptors (Lipinski definition) is 7. The van der Waals surface area contributed by atoms with Gasteiger partial charge in [-0.25, -0.2) is 9.97 Å². The summed E-state index contributed by atoms with van der Waals surface area (Å²) in [5.41, 5.74) is 9.66. The third-order valence-corrected chi connectivity index (χ3v) is 7.20. The molecule has 1 aromatic carbocycles. The number of primary amides is 1. The number of furan rings is 1. The van der Waals surface area contributed by atoms with E-state index in [0.29, 0.717) is 35.2 Å². The standard InChI is InChI=1S/C26H29N7O2/c1-16(2)33-20-7-8-21(33)14-31(13-20)19-5-3-18(4-6-19)30-25-26-28-9-10-32(26)22(12-29-25)17-11-23(24(27)34)35-15-17/h3-6,9-12,15-16,20-21H,7-8,13-14H2,1-2H3,(H2,27,34)(H,29,30). The van der Waals surface area contributed by atoms with Gasteiger partial charge in [0.1, 0.15) is 6.26 Å². The van der Waals surface area contributed by atoms with Crippen molar-refractivity contribution in [1.29, 1.82) is 0 Å². The molecule has 9 nitrogen and oxygen atoms in total. The second-order valence-corrected chi connectivity index (χ2v) is 9.68. The molecule has 3 N–H and O–H groups in total. The van der Waals surface area contributed by atoms with Crippen molar-refractivity contribution >= 4 is 28.7 Å². The Morgan fingerprint density at radius 2 is 1.89 bits per heavy atom. The molecule has 4 aromatic rings. The van der Waals surface area contributed by atoms with Crippen LogP contribution in [-0.4, -0.2) is 56.4 Å². The molecule has 9 heteroatoms. The Labute approximate surface area is 203 Å². The summed E-state index contributed by atoms with van der Waals surface area (Å²) >= 11 is 0. The van der Waals surface area contributed by atoms with Crippen LogP contribution in [0.4, 0.5) is 17.2 Å². The van der Waals surface area contributed by atoms with Crippen molar-refractivity contribution in [2.75, 3.05) is 23.3 Å². The van der Waals surface area contributed by atoms with Gasteiger partial charge < -0.3 is 20.4 Å². The van der Waals surface area contributed by atoms with E-state index < -0.39 is 5.91 Å². The highest BCUT2D eigenvalue weighted by Crippen LogP contribution is 2.35. The predicted molar refractivity (Wildman–Crippen MR) is 135 cm³/mol. The Balaban J connectivity index is 1.21. The van der Waals surface area contributed by atoms with Crippen molar-refractivity contribution in [2.24, 2.45) is 5.73 Å². The Morgan fingerprint density at radius 1 is 1.14 bits per heavy atom. The van der Waals surface area contributed by atoms with Gasteiger partial charge in [-0.2, -0.15) is 0 Å². The second-order valence-electron chi connectivity index (χ2n) is 9.68. The summed E-state index contributed by atoms with van der Waals surface area (Å²) in [6.07, 6.45) is 9.38. The van der Waals surface area contributed by atoms with Crippen LogP contribution in [0.25, 0.3) is 16.9 Å². The fraction of sp³-hybridized carbons (Fsp3) is 0.346. The number of hydrogen-bond donors (Lipinski definition) is 2. The van der Waals surface area contributed by atoms with Crippen LogP contribution < -0.4 is 16.0 Å². The lowest BCUT2D eigenvalue weighted by Gasteiger charge is -2.44. The molecule has 2 unspecified atom stereocenters. The van der Waals surface area contributed by atoms with Gasteiger partial charge in [-0.05, 0) is 57.0 Å². The molecular formula is C26H29N7O2. The fourth-order valence-corrected chi connectivity index (χ4v) is 5.70. The minimum absolute atomic E-state index is 0.106. The van der Waals surface area contributed by atoms with E-state index in [0.717, 1.165) is 24.5 Å². The minimum Gasteiger partial charge on any atom is -0.458 e. The zero-order valence-corrected chi connectivity index (χ0v) is 19.9. The fourth-order valence-electron chi connectivity index (χ4n) is 5.70. The number of carbonyl (C=O) groups excluding carboxylic acids is 1. The van der Waals surface area contributed by atoms with Gasteiger partial charge in [0.15, 0.2) is 17.2 Å². The average molecular weight is 472 g/mol. The first-order valence-corrected chi connectivity index (χ1v) is 12.1. The Hall–Kier alpha value is -3.85. The number of imidazole rings is 1. The summed E-state index contributed by atoms with van der Waals surface area (Å²) < 4.78 is 7.18. The molecule has 5 heterocycles. The lowest BCUT2D eigenvalue weighted by molar-refractivity contribution is 0.0974. The molecule has 2 aliphatic rings. The van der Waals surface area contributed by atoms with Gasteiger partial charge in [0.05, 0.1) is 11.9 Å². The van der Waals surface area contributed by atoms with E-state index in [1.807, 2.05) is 10.6 Å². The van der Waals surface area contributed by atoms with Gasteiger partial charge in [-0.1, -0.05) is 0 Å². The van der Waals surface area contributed by atoms with E-state index in [2.05, 4.69) is 63.2 Å². The number of amides is 1. The molecule has 180 valence electrons. The van der Waals surface area contributed by atoms with Gasteiger partial charge >= 0.3 is 0 Å². The van der Waals surface area contributed by atoms with Crippen LogP contribution in [0.2, 0.25) is 0 Å². The van der Waals surface area contributed by atoms with Crippen molar-refractivity contribution < 1.29 is 9.21 Å². The summed E-state index contributed by atoms with van der Waals surface area (Å²) in [5, 5.41) is 3.40. The first kappa shape index (κ1) is 21.7. The van der Waals surface area contributed by atoms with Crippen LogP contribution in [0.1, 0.15) is 37.2 Å². The molecule has 2 atom stereocenters. The molecule has 35 heavy (non-hydrogen) atoms. The number of nitrogens with zero attached hydrogens (tertiary/aromatic N) is 5. The monoisotopic (exact) mass is 471 g/mol. The van der Waals surface area contributed by atoms with Crippen LogP contribution >= 0.6 is 0 Å². The maximum absolute atomic E-state index is 11.4. The SMILES string of the molecule is CC(C)N1C2CCC1CN(c1ccc(Nc3ncc(-c4coc(C(N)=O)c4)n4ccnc34)cc1)C2. The third kappa shape index (κ3) is 3.81. The summed E-state index contributed by atoms with van der Waals surface area (Å²) in [6, 6.07) is 12.1. The summed E-state index contributed by atoms with van der Waals surface area (Å²) in [5.74, 6) is 0.144. The van der Waals surface area contributed by atoms with E-state index in [1.165, 1.54) is 24.8 Å². The highest BCUT2D eigenvalue weighted by molar-refractivity contribution is 5.91. The second kappa shape index (κ2) is 8.42. The molecule has 0 spiro atoms. The normalized spacial score (nSPS) is 20.1. The van der Waals surface area contributed by atoms with E-state index in [-0.39, 0.29) is 5.76 Å². The number of fused-ring (bicyclic) bond motifs is 3. The molecule has 0 aliphatic carbocycles. The summed E-state index contributed by atoms with van der Waals surface area (Å²) in [4.78, 5) is 25.7. The Kier molecular flexibility index (Phi) is 5.21. The molecule has 2 bridgehead atoms. The van der Waals surface area contributed by atoms with E-state index in [9.17, 15) is 4.79 Å². The molecule has 0 radical (unpaired) electrons. The number of aromatic nitrogens is 3. The van der Waals surface area contributed by atoms with Crippen LogP contribution in [0.15, 0.2) is 59.6 Å². The van der Waals surface area contributed by atoms with Gasteiger partial charge in [0.2, 0.25) is 0 Å². The molecule has 0 saturated carbocycles. The first-order chi connectivity index (χ1) is 17.0. The van der Waals surface area contributed by atoms with Crippen molar-refractivity contribution in [1.82, 2.24) is 19.3 Å². The predicted octanol–water partition coefficient (Wildman–Crippen LogP) is 3.89. The highest BCUT2D eigenvalue weighted by atomic mass is 16.3. The van der Waals surface area contributed by atoms with Crippen molar-refractivity contribution in [2.45, 2.75) is 44.8 Å². The van der Waals surface area contributed by atoms with Gasteiger partial charge in [0.25, 0.3) is 5.91 Å². The number of nitrogens with one attached hydrogen (secondary N) is 1. The topological polar surface area (TPSA) is 105 Å². The molecular weight excluding hydrogens is 442 g/mol. The van der Waals surface area contributed by atoms with E-state index >= 15 is 0 Å². The van der Waals surface area contributed by atoms with Crippen molar-refractivity contribution in [3.05, 3.63) is 60.9 Å². The van der Waals surface area contributed by atoms with Crippen LogP contribution in [0, 0.1) is 0 Å². The maximum Gasteiger partial charge on any atom is 0.284 e. The van der Waals surface area contributed by atoms with Crippen molar-refractivity contribution in [3.63, 3.8) is 0 Å². The lowest BCUT2D eigenvalue weighted by atomic mass is 10.1. The smallest absolute Gasteiger partial charge is 0.284 e. The van der Waals surface area contributed by atoms with E-state index in [1.54, 1.807) is 18.5 Å². The van der Waals surface area contributed by atoms with Crippen molar-refractivity contribution in [3.8, 4) is 11.3 Å². The van der Waals surface area contributed by atoms with Crippen LogP contribution in [0.5, 0.6) is 0 Å².